The molecule has 14 heteroatoms. The van der Waals surface area contributed by atoms with Crippen molar-refractivity contribution in [1.82, 2.24) is 0 Å². The Morgan fingerprint density at radius 2 is 1.17 bits per heavy atom. The molecule has 6 nitrogen and oxygen atoms in total. The summed E-state index contributed by atoms with van der Waals surface area (Å²) in [6, 6.07) is 15.9. The second kappa shape index (κ2) is 11.7. The van der Waals surface area contributed by atoms with Crippen LogP contribution in [0.3, 0.4) is 0 Å². The lowest BCUT2D eigenvalue weighted by atomic mass is 9.90. The smallest absolute Gasteiger partial charge is 0.425 e. The molecule has 242 valence electrons. The number of aliphatic hydroxyl groups is 2. The first-order valence-corrected chi connectivity index (χ1v) is 14.1. The molecule has 2 atom stereocenters. The van der Waals surface area contributed by atoms with Crippen molar-refractivity contribution < 1.29 is 55.9 Å². The minimum absolute atomic E-state index is 0.0256. The van der Waals surface area contributed by atoms with Gasteiger partial charge < -0.3 is 24.8 Å². The first-order valence-electron chi connectivity index (χ1n) is 13.3. The Bertz CT molecular complexity index is 1840. The number of alkyl halides is 6. The number of ether oxygens (including phenoxy) is 2. The first-order chi connectivity index (χ1) is 21.4. The van der Waals surface area contributed by atoms with E-state index in [0.717, 1.165) is 18.2 Å². The molecular formula is C32H22Cl2F6O6. The number of rotatable bonds is 4. The first kappa shape index (κ1) is 33.4. The summed E-state index contributed by atoms with van der Waals surface area (Å²) in [5.41, 5.74) is -7.09. The summed E-state index contributed by atoms with van der Waals surface area (Å²) in [4.78, 5) is 10.7. The molecule has 0 spiro atoms. The highest BCUT2D eigenvalue weighted by molar-refractivity contribution is 6.34. The van der Waals surface area contributed by atoms with Gasteiger partial charge in [-0.15, -0.1) is 0 Å². The molecule has 46 heavy (non-hydrogen) atoms. The third kappa shape index (κ3) is 5.32. The van der Waals surface area contributed by atoms with E-state index in [9.17, 15) is 46.5 Å². The lowest BCUT2D eigenvalue weighted by Gasteiger charge is -2.28. The van der Waals surface area contributed by atoms with E-state index in [1.165, 1.54) is 49.4 Å². The number of phenols is 1. The summed E-state index contributed by atoms with van der Waals surface area (Å²) in [7, 11) is 0. The van der Waals surface area contributed by atoms with Gasteiger partial charge in [-0.3, -0.25) is 4.79 Å². The second-order valence-corrected chi connectivity index (χ2v) is 11.2. The molecule has 2 aliphatic carbocycles. The molecule has 4 aromatic rings. The van der Waals surface area contributed by atoms with Crippen molar-refractivity contribution in [2.45, 2.75) is 30.5 Å². The molecular weight excluding hydrogens is 665 g/mol. The SMILES string of the molecule is CC(=O)OCCOc1cc(Cl)c2c(c1)[C@@](O)(C(F)(F)F)c1ccccc1-2.Oc1cc(Cl)c2c(c1)[C@@](O)(C(F)(F)F)c1ccccc1-2. The number of phenolic OH excluding ortho intramolecular Hbond substituents is 1. The highest BCUT2D eigenvalue weighted by atomic mass is 35.5. The van der Waals surface area contributed by atoms with Crippen LogP contribution in [0.25, 0.3) is 22.3 Å². The zero-order valence-electron chi connectivity index (χ0n) is 23.4. The maximum Gasteiger partial charge on any atom is 0.425 e. The minimum Gasteiger partial charge on any atom is -0.508 e. The third-order valence-corrected chi connectivity index (χ3v) is 8.16. The molecule has 2 aliphatic rings. The summed E-state index contributed by atoms with van der Waals surface area (Å²) in [6.45, 7) is 1.10. The van der Waals surface area contributed by atoms with Crippen LogP contribution in [-0.4, -0.2) is 46.9 Å². The Balaban J connectivity index is 0.000000187. The van der Waals surface area contributed by atoms with Gasteiger partial charge in [-0.05, 0) is 35.4 Å². The second-order valence-electron chi connectivity index (χ2n) is 10.4. The number of hydrogen-bond acceptors (Lipinski definition) is 6. The van der Waals surface area contributed by atoms with E-state index in [4.69, 9.17) is 32.7 Å². The number of hydrogen-bond donors (Lipinski definition) is 3. The zero-order valence-corrected chi connectivity index (χ0v) is 24.9. The summed E-state index contributed by atoms with van der Waals surface area (Å²) in [5, 5.41) is 30.4. The Labute approximate surface area is 267 Å². The highest BCUT2D eigenvalue weighted by Crippen LogP contribution is 2.58. The fraction of sp³-hybridized carbons (Fsp3) is 0.219. The van der Waals surface area contributed by atoms with E-state index < -0.39 is 40.8 Å². The predicted molar refractivity (Wildman–Crippen MR) is 156 cm³/mol. The molecule has 0 unspecified atom stereocenters. The van der Waals surface area contributed by atoms with Crippen molar-refractivity contribution in [1.29, 1.82) is 0 Å². The molecule has 0 bridgehead atoms. The molecule has 0 aliphatic heterocycles. The number of carbonyl (C=O) groups is 1. The lowest BCUT2D eigenvalue weighted by Crippen LogP contribution is -2.41. The summed E-state index contributed by atoms with van der Waals surface area (Å²) < 4.78 is 91.5. The van der Waals surface area contributed by atoms with E-state index in [1.54, 1.807) is 12.1 Å². The van der Waals surface area contributed by atoms with E-state index in [2.05, 4.69) is 0 Å². The fourth-order valence-electron chi connectivity index (χ4n) is 5.65. The van der Waals surface area contributed by atoms with Crippen LogP contribution in [0.1, 0.15) is 29.2 Å². The fourth-order valence-corrected chi connectivity index (χ4v) is 6.28. The molecule has 6 rings (SSSR count). The Morgan fingerprint density at radius 1 is 0.717 bits per heavy atom. The van der Waals surface area contributed by atoms with Gasteiger partial charge in [0.2, 0.25) is 11.2 Å². The molecule has 0 fully saturated rings. The molecule has 0 amide bonds. The van der Waals surface area contributed by atoms with Gasteiger partial charge in [-0.2, -0.15) is 26.3 Å². The van der Waals surface area contributed by atoms with Crippen LogP contribution < -0.4 is 4.74 Å². The normalized spacial score (nSPS) is 19.3. The number of aromatic hydroxyl groups is 1. The molecule has 4 aromatic carbocycles. The van der Waals surface area contributed by atoms with Gasteiger partial charge in [0.1, 0.15) is 24.7 Å². The van der Waals surface area contributed by atoms with E-state index >= 15 is 0 Å². The number of fused-ring (bicyclic) bond motifs is 6. The molecule has 0 aromatic heterocycles. The van der Waals surface area contributed by atoms with Crippen LogP contribution in [0.4, 0.5) is 26.3 Å². The summed E-state index contributed by atoms with van der Waals surface area (Å²) >= 11 is 12.1. The van der Waals surface area contributed by atoms with Gasteiger partial charge in [-0.25, -0.2) is 0 Å². The number of halogens is 8. The van der Waals surface area contributed by atoms with E-state index in [1.807, 2.05) is 0 Å². The largest absolute Gasteiger partial charge is 0.508 e. The van der Waals surface area contributed by atoms with Gasteiger partial charge in [-0.1, -0.05) is 71.7 Å². The topological polar surface area (TPSA) is 96.2 Å². The van der Waals surface area contributed by atoms with Crippen LogP contribution >= 0.6 is 23.2 Å². The van der Waals surface area contributed by atoms with Crippen molar-refractivity contribution in [2.24, 2.45) is 0 Å². The van der Waals surface area contributed by atoms with Crippen molar-refractivity contribution in [2.75, 3.05) is 13.2 Å². The van der Waals surface area contributed by atoms with E-state index in [0.29, 0.717) is 0 Å². The van der Waals surface area contributed by atoms with Crippen molar-refractivity contribution in [3.05, 3.63) is 105 Å². The average Bonchev–Trinajstić information content (AvgIpc) is 3.39. The Hall–Kier alpha value is -3.97. The van der Waals surface area contributed by atoms with Crippen LogP contribution in [0.15, 0.2) is 72.8 Å². The molecule has 0 saturated heterocycles. The third-order valence-electron chi connectivity index (χ3n) is 7.57. The Morgan fingerprint density at radius 3 is 1.65 bits per heavy atom. The Kier molecular flexibility index (Phi) is 8.48. The van der Waals surface area contributed by atoms with E-state index in [-0.39, 0.29) is 68.0 Å². The van der Waals surface area contributed by atoms with Crippen molar-refractivity contribution >= 4 is 29.2 Å². The van der Waals surface area contributed by atoms with Crippen LogP contribution in [0, 0.1) is 0 Å². The molecule has 0 heterocycles. The number of benzene rings is 4. The monoisotopic (exact) mass is 686 g/mol. The van der Waals surface area contributed by atoms with Crippen LogP contribution in [-0.2, 0) is 20.7 Å². The predicted octanol–water partition coefficient (Wildman–Crippen LogP) is 7.88. The van der Waals surface area contributed by atoms with Gasteiger partial charge >= 0.3 is 18.3 Å². The number of esters is 1. The quantitative estimate of drug-likeness (QED) is 0.115. The highest BCUT2D eigenvalue weighted by Gasteiger charge is 2.62. The zero-order chi connectivity index (χ0) is 33.8. The summed E-state index contributed by atoms with van der Waals surface area (Å²) in [5.74, 6) is -0.886. The van der Waals surface area contributed by atoms with Gasteiger partial charge in [0.05, 0.1) is 10.0 Å². The summed E-state index contributed by atoms with van der Waals surface area (Å²) in [6.07, 6.45) is -9.88. The van der Waals surface area contributed by atoms with Crippen molar-refractivity contribution in [3.63, 3.8) is 0 Å². The van der Waals surface area contributed by atoms with Gasteiger partial charge in [0.25, 0.3) is 0 Å². The van der Waals surface area contributed by atoms with Crippen molar-refractivity contribution in [3.8, 4) is 33.8 Å². The maximum atomic E-state index is 13.8. The molecule has 3 N–H and O–H groups in total. The minimum atomic E-state index is -4.95. The molecule has 0 radical (unpaired) electrons. The average molecular weight is 687 g/mol. The van der Waals surface area contributed by atoms with Gasteiger partial charge in [0.15, 0.2) is 0 Å². The lowest BCUT2D eigenvalue weighted by molar-refractivity contribution is -0.247. The van der Waals surface area contributed by atoms with Crippen LogP contribution in [0.5, 0.6) is 11.5 Å². The molecule has 0 saturated carbocycles. The van der Waals surface area contributed by atoms with Crippen LogP contribution in [0.2, 0.25) is 10.0 Å². The number of carbonyl (C=O) groups excluding carboxylic acids is 1. The standard InChI is InChI=1S/C18H14ClF3O4.C14H8ClF3O2/c1-10(23)25-6-7-26-11-8-14-16(15(19)9-11)12-4-2-3-5-13(12)17(14,24)18(20,21)22;15-11-6-7(19)5-10-12(11)8-3-1-2-4-9(8)13(10,20)14(16,17)18/h2-5,8-9,24H,6-7H2,1H3;1-6,19-20H/t17-;13-/m11/s1. The maximum absolute atomic E-state index is 13.8. The van der Waals surface area contributed by atoms with Gasteiger partial charge in [0, 0.05) is 40.3 Å².